The molecule has 11 nitrogen and oxygen atoms in total. The van der Waals surface area contributed by atoms with Crippen LogP contribution in [-0.4, -0.2) is 40.5 Å². The summed E-state index contributed by atoms with van der Waals surface area (Å²) in [7, 11) is -4.18. The molecule has 4 N–H and O–H groups in total. The van der Waals surface area contributed by atoms with Gasteiger partial charge in [-0.25, -0.2) is 8.42 Å². The van der Waals surface area contributed by atoms with Crippen LogP contribution in [0.15, 0.2) is 57.3 Å². The van der Waals surface area contributed by atoms with E-state index in [0.717, 1.165) is 37.1 Å². The molecule has 1 fully saturated rings. The molecule has 3 aromatic rings. The van der Waals surface area contributed by atoms with Crippen molar-refractivity contribution in [3.05, 3.63) is 57.5 Å². The van der Waals surface area contributed by atoms with E-state index in [2.05, 4.69) is 25.3 Å². The molecule has 13 heteroatoms. The van der Waals surface area contributed by atoms with Gasteiger partial charge < -0.3 is 16.0 Å². The van der Waals surface area contributed by atoms with Gasteiger partial charge in [0.15, 0.2) is 5.03 Å². The summed E-state index contributed by atoms with van der Waals surface area (Å²) in [4.78, 5) is 25.6. The quantitative estimate of drug-likeness (QED) is 0.208. The Balaban J connectivity index is 1.78. The average Bonchev–Trinajstić information content (AvgIpc) is 3.52. The molecule has 1 aliphatic rings. The van der Waals surface area contributed by atoms with Gasteiger partial charge in [-0.15, -0.1) is 0 Å². The van der Waals surface area contributed by atoms with Gasteiger partial charge in [0.1, 0.15) is 5.65 Å². The number of anilines is 1. The second-order valence-corrected chi connectivity index (χ2v) is 9.00. The molecule has 0 spiro atoms. The van der Waals surface area contributed by atoms with Crippen LogP contribution in [0.2, 0.25) is 5.02 Å². The van der Waals surface area contributed by atoms with Crippen molar-refractivity contribution in [1.29, 1.82) is 0 Å². The Morgan fingerprint density at radius 3 is 2.65 bits per heavy atom. The molecular weight excluding hydrogens is 446 g/mol. The SMILES string of the molecule is NC=C(C=NC1CC1)Nc1nc(S(=O)(=O)c2ccc([N+](=O)[O-])cc2)c2c(Cl)c[nH]c2n1. The minimum atomic E-state index is -4.18. The van der Waals surface area contributed by atoms with E-state index >= 15 is 0 Å². The van der Waals surface area contributed by atoms with E-state index in [1.807, 2.05) is 0 Å². The number of H-pyrrole nitrogens is 1. The number of rotatable bonds is 7. The third-order valence-corrected chi connectivity index (χ3v) is 6.47. The number of nitrogens with zero attached hydrogens (tertiary/aromatic N) is 4. The molecule has 2 heterocycles. The van der Waals surface area contributed by atoms with Gasteiger partial charge in [0.05, 0.1) is 32.0 Å². The van der Waals surface area contributed by atoms with Gasteiger partial charge in [-0.1, -0.05) is 11.6 Å². The maximum Gasteiger partial charge on any atom is 0.269 e. The number of aliphatic imine (C=N–C) groups is 1. The lowest BCUT2D eigenvalue weighted by molar-refractivity contribution is -0.384. The van der Waals surface area contributed by atoms with Gasteiger partial charge in [-0.3, -0.25) is 15.1 Å². The summed E-state index contributed by atoms with van der Waals surface area (Å²) in [6.45, 7) is 0. The van der Waals surface area contributed by atoms with Crippen molar-refractivity contribution >= 4 is 50.3 Å². The molecule has 0 unspecified atom stereocenters. The number of nitro groups is 1. The van der Waals surface area contributed by atoms with Crippen LogP contribution in [0, 0.1) is 10.1 Å². The third kappa shape index (κ3) is 4.20. The largest absolute Gasteiger partial charge is 0.403 e. The van der Waals surface area contributed by atoms with E-state index in [1.54, 1.807) is 0 Å². The van der Waals surface area contributed by atoms with Crippen LogP contribution in [0.25, 0.3) is 11.0 Å². The first-order chi connectivity index (χ1) is 14.8. The summed E-state index contributed by atoms with van der Waals surface area (Å²) in [6, 6.07) is 4.76. The number of nitrogens with one attached hydrogen (secondary N) is 2. The van der Waals surface area contributed by atoms with Crippen LogP contribution < -0.4 is 11.1 Å². The van der Waals surface area contributed by atoms with Gasteiger partial charge in [0.25, 0.3) is 5.69 Å². The van der Waals surface area contributed by atoms with Crippen molar-refractivity contribution in [2.24, 2.45) is 10.7 Å². The van der Waals surface area contributed by atoms with E-state index < -0.39 is 14.8 Å². The molecule has 4 rings (SSSR count). The summed E-state index contributed by atoms with van der Waals surface area (Å²) in [5, 5.41) is 13.6. The monoisotopic (exact) mass is 461 g/mol. The normalized spacial score (nSPS) is 14.9. The zero-order valence-electron chi connectivity index (χ0n) is 15.8. The summed E-state index contributed by atoms with van der Waals surface area (Å²) < 4.78 is 26.6. The molecule has 2 aromatic heterocycles. The van der Waals surface area contributed by atoms with Crippen LogP contribution >= 0.6 is 11.6 Å². The Morgan fingerprint density at radius 1 is 1.32 bits per heavy atom. The van der Waals surface area contributed by atoms with Crippen molar-refractivity contribution in [1.82, 2.24) is 15.0 Å². The highest BCUT2D eigenvalue weighted by atomic mass is 35.5. The van der Waals surface area contributed by atoms with E-state index in [4.69, 9.17) is 17.3 Å². The first kappa shape index (κ1) is 20.8. The van der Waals surface area contributed by atoms with Crippen LogP contribution in [0.5, 0.6) is 0 Å². The third-order valence-electron chi connectivity index (χ3n) is 4.47. The maximum absolute atomic E-state index is 13.3. The highest BCUT2D eigenvalue weighted by Crippen LogP contribution is 2.32. The summed E-state index contributed by atoms with van der Waals surface area (Å²) in [5.41, 5.74) is 5.97. The van der Waals surface area contributed by atoms with E-state index in [0.29, 0.717) is 5.70 Å². The Morgan fingerprint density at radius 2 is 2.03 bits per heavy atom. The number of halogens is 1. The smallest absolute Gasteiger partial charge is 0.269 e. The second-order valence-electron chi connectivity index (χ2n) is 6.72. The van der Waals surface area contributed by atoms with E-state index in [-0.39, 0.29) is 43.7 Å². The first-order valence-corrected chi connectivity index (χ1v) is 10.9. The number of sulfone groups is 1. The predicted molar refractivity (Wildman–Crippen MR) is 115 cm³/mol. The van der Waals surface area contributed by atoms with Gasteiger partial charge in [-0.05, 0) is 25.0 Å². The molecule has 1 aliphatic carbocycles. The lowest BCUT2D eigenvalue weighted by Crippen LogP contribution is -2.12. The maximum atomic E-state index is 13.3. The summed E-state index contributed by atoms with van der Waals surface area (Å²) in [5.74, 6) is -0.0366. The van der Waals surface area contributed by atoms with Gasteiger partial charge >= 0.3 is 0 Å². The zero-order valence-corrected chi connectivity index (χ0v) is 17.4. The van der Waals surface area contributed by atoms with Crippen LogP contribution in [0.4, 0.5) is 11.6 Å². The molecule has 0 saturated heterocycles. The van der Waals surface area contributed by atoms with Crippen molar-refractivity contribution in [2.75, 3.05) is 5.32 Å². The Labute approximate surface area is 181 Å². The molecule has 1 aromatic carbocycles. The van der Waals surface area contributed by atoms with Gasteiger partial charge in [0.2, 0.25) is 15.8 Å². The Bertz CT molecular complexity index is 1330. The summed E-state index contributed by atoms with van der Waals surface area (Å²) in [6.07, 6.45) is 6.22. The number of nitrogens with two attached hydrogens (primary N) is 1. The molecule has 1 saturated carbocycles. The number of hydrogen-bond donors (Lipinski definition) is 3. The lowest BCUT2D eigenvalue weighted by Gasteiger charge is -2.10. The molecule has 160 valence electrons. The number of non-ortho nitro benzene ring substituents is 1. The number of aromatic amines is 1. The highest BCUT2D eigenvalue weighted by Gasteiger charge is 2.27. The second kappa shape index (κ2) is 7.96. The van der Waals surface area contributed by atoms with Crippen molar-refractivity contribution < 1.29 is 13.3 Å². The fourth-order valence-corrected chi connectivity index (χ4v) is 4.42. The molecule has 0 aliphatic heterocycles. The van der Waals surface area contributed by atoms with Crippen molar-refractivity contribution in [3.8, 4) is 0 Å². The van der Waals surface area contributed by atoms with E-state index in [9.17, 15) is 18.5 Å². The van der Waals surface area contributed by atoms with Gasteiger partial charge in [-0.2, -0.15) is 9.97 Å². The molecule has 0 radical (unpaired) electrons. The first-order valence-electron chi connectivity index (χ1n) is 9.06. The average molecular weight is 462 g/mol. The summed E-state index contributed by atoms with van der Waals surface area (Å²) >= 11 is 6.18. The van der Waals surface area contributed by atoms with Crippen molar-refractivity contribution in [2.45, 2.75) is 28.8 Å². The highest BCUT2D eigenvalue weighted by molar-refractivity contribution is 7.91. The fraction of sp³-hybridized carbons (Fsp3) is 0.167. The number of hydrogen-bond acceptors (Lipinski definition) is 9. The molecule has 0 amide bonds. The number of fused-ring (bicyclic) bond motifs is 1. The predicted octanol–water partition coefficient (Wildman–Crippen LogP) is 2.80. The van der Waals surface area contributed by atoms with Crippen LogP contribution in [-0.2, 0) is 9.84 Å². The zero-order chi connectivity index (χ0) is 22.2. The van der Waals surface area contributed by atoms with E-state index in [1.165, 1.54) is 18.6 Å². The van der Waals surface area contributed by atoms with Crippen LogP contribution in [0.3, 0.4) is 0 Å². The van der Waals surface area contributed by atoms with Crippen molar-refractivity contribution in [3.63, 3.8) is 0 Å². The van der Waals surface area contributed by atoms with Gasteiger partial charge in [0, 0.05) is 30.7 Å². The number of benzene rings is 1. The lowest BCUT2D eigenvalue weighted by atomic mass is 10.3. The Hall–Kier alpha value is -3.51. The molecule has 0 atom stereocenters. The molecular formula is C18H16ClN7O4S. The standard InChI is InChI=1S/C18H16ClN7O4S/c19-14-9-22-16-15(14)17(31(29,30)13-5-3-12(4-6-13)26(27)28)25-18(24-16)23-11(7-20)8-21-10-1-2-10/h3-10H,1-2,20H2,(H2,22,23,24,25). The van der Waals surface area contributed by atoms with Crippen LogP contribution in [0.1, 0.15) is 12.8 Å². The number of allylic oxidation sites excluding steroid dienone is 1. The number of aromatic nitrogens is 3. The fourth-order valence-electron chi connectivity index (χ4n) is 2.73. The number of nitro benzene ring substituents is 1. The molecule has 31 heavy (non-hydrogen) atoms. The minimum Gasteiger partial charge on any atom is -0.403 e. The topological polar surface area (TPSA) is 169 Å². The molecule has 0 bridgehead atoms. The minimum absolute atomic E-state index is 0.0366. The Kier molecular flexibility index (Phi) is 5.33.